The van der Waals surface area contributed by atoms with Gasteiger partial charge in [0.05, 0.1) is 6.10 Å². The first-order valence-corrected chi connectivity index (χ1v) is 2.53. The lowest BCUT2D eigenvalue weighted by Crippen LogP contribution is -2.33. The molecule has 0 fully saturated rings. The molecule has 54 valence electrons. The van der Waals surface area contributed by atoms with Gasteiger partial charge in [-0.1, -0.05) is 0 Å². The standard InChI is InChI=1S/C5H10O4/c1-3(6)4(9-2)5(7)8/h3-4,6H,1-2H3,(H,7,8)/t3-,4+/m1/s1. The van der Waals surface area contributed by atoms with Crippen LogP contribution in [0.2, 0.25) is 0 Å². The molecule has 0 spiro atoms. The summed E-state index contributed by atoms with van der Waals surface area (Å²) in [5.74, 6) is -1.15. The van der Waals surface area contributed by atoms with Crippen LogP contribution >= 0.6 is 0 Å². The highest BCUT2D eigenvalue weighted by atomic mass is 16.5. The fourth-order valence-corrected chi connectivity index (χ4v) is 0.504. The number of ether oxygens (including phenoxy) is 1. The summed E-state index contributed by atoms with van der Waals surface area (Å²) in [6, 6.07) is 0. The van der Waals surface area contributed by atoms with Crippen molar-refractivity contribution in [2.75, 3.05) is 7.11 Å². The Morgan fingerprint density at radius 1 is 1.67 bits per heavy atom. The molecule has 4 heteroatoms. The molecule has 0 aliphatic carbocycles. The molecule has 2 N–H and O–H groups in total. The molecule has 0 unspecified atom stereocenters. The van der Waals surface area contributed by atoms with Gasteiger partial charge in [-0.05, 0) is 6.92 Å². The van der Waals surface area contributed by atoms with Crippen molar-refractivity contribution < 1.29 is 19.7 Å². The second kappa shape index (κ2) is 3.42. The molecule has 0 saturated heterocycles. The van der Waals surface area contributed by atoms with E-state index in [9.17, 15) is 4.79 Å². The summed E-state index contributed by atoms with van der Waals surface area (Å²) in [6.45, 7) is 1.36. The van der Waals surface area contributed by atoms with Crippen LogP contribution in [-0.4, -0.2) is 35.5 Å². The van der Waals surface area contributed by atoms with Gasteiger partial charge in [0.1, 0.15) is 0 Å². The van der Waals surface area contributed by atoms with Crippen molar-refractivity contribution >= 4 is 5.97 Å². The Hall–Kier alpha value is -0.610. The van der Waals surface area contributed by atoms with Crippen LogP contribution < -0.4 is 0 Å². The Morgan fingerprint density at radius 3 is 2.11 bits per heavy atom. The van der Waals surface area contributed by atoms with Crippen molar-refractivity contribution in [3.8, 4) is 0 Å². The lowest BCUT2D eigenvalue weighted by Gasteiger charge is -2.11. The zero-order valence-corrected chi connectivity index (χ0v) is 5.37. The molecule has 0 heterocycles. The topological polar surface area (TPSA) is 66.8 Å². The third-order valence-corrected chi connectivity index (χ3v) is 0.935. The summed E-state index contributed by atoms with van der Waals surface area (Å²) in [7, 11) is 1.24. The van der Waals surface area contributed by atoms with Crippen LogP contribution in [0.4, 0.5) is 0 Å². The van der Waals surface area contributed by atoms with E-state index in [1.807, 2.05) is 0 Å². The predicted octanol–water partition coefficient (Wildman–Crippen LogP) is -0.533. The van der Waals surface area contributed by atoms with Gasteiger partial charge in [-0.2, -0.15) is 0 Å². The Bertz CT molecular complexity index is 99.1. The minimum Gasteiger partial charge on any atom is -0.479 e. The fourth-order valence-electron chi connectivity index (χ4n) is 0.504. The molecule has 0 aliphatic heterocycles. The van der Waals surface area contributed by atoms with E-state index in [1.54, 1.807) is 0 Å². The first-order valence-electron chi connectivity index (χ1n) is 2.53. The Kier molecular flexibility index (Phi) is 3.19. The molecule has 0 saturated carbocycles. The molecule has 0 rings (SSSR count). The Labute approximate surface area is 53.1 Å². The van der Waals surface area contributed by atoms with Crippen LogP contribution in [0.25, 0.3) is 0 Å². The minimum absolute atomic E-state index is 0.965. The molecular formula is C5H10O4. The van der Waals surface area contributed by atoms with Crippen molar-refractivity contribution in [1.82, 2.24) is 0 Å². The van der Waals surface area contributed by atoms with E-state index in [4.69, 9.17) is 10.2 Å². The molecule has 0 aromatic carbocycles. The van der Waals surface area contributed by atoms with Crippen LogP contribution in [0.15, 0.2) is 0 Å². The van der Waals surface area contributed by atoms with Crippen molar-refractivity contribution in [1.29, 1.82) is 0 Å². The minimum atomic E-state index is -1.15. The lowest BCUT2D eigenvalue weighted by atomic mass is 10.2. The van der Waals surface area contributed by atoms with E-state index in [2.05, 4.69) is 4.74 Å². The van der Waals surface area contributed by atoms with Crippen molar-refractivity contribution in [2.24, 2.45) is 0 Å². The third kappa shape index (κ3) is 2.43. The number of methoxy groups -OCH3 is 1. The Morgan fingerprint density at radius 2 is 2.11 bits per heavy atom. The van der Waals surface area contributed by atoms with Gasteiger partial charge in [-0.15, -0.1) is 0 Å². The summed E-state index contributed by atoms with van der Waals surface area (Å²) >= 11 is 0. The number of hydrogen-bond donors (Lipinski definition) is 2. The van der Waals surface area contributed by atoms with Crippen molar-refractivity contribution in [2.45, 2.75) is 19.1 Å². The van der Waals surface area contributed by atoms with Crippen LogP contribution in [0.1, 0.15) is 6.92 Å². The fraction of sp³-hybridized carbons (Fsp3) is 0.800. The average molecular weight is 134 g/mol. The summed E-state index contributed by atoms with van der Waals surface area (Å²) in [5, 5.41) is 16.9. The van der Waals surface area contributed by atoms with E-state index in [1.165, 1.54) is 14.0 Å². The number of carboxylic acids is 1. The van der Waals surface area contributed by atoms with E-state index in [-0.39, 0.29) is 0 Å². The van der Waals surface area contributed by atoms with Gasteiger partial charge >= 0.3 is 5.97 Å². The maximum atomic E-state index is 10.1. The molecule has 0 radical (unpaired) electrons. The van der Waals surface area contributed by atoms with Crippen molar-refractivity contribution in [3.05, 3.63) is 0 Å². The summed E-state index contributed by atoms with van der Waals surface area (Å²) < 4.78 is 4.42. The molecule has 2 atom stereocenters. The predicted molar refractivity (Wildman–Crippen MR) is 30.1 cm³/mol. The quantitative estimate of drug-likeness (QED) is 0.544. The van der Waals surface area contributed by atoms with Crippen molar-refractivity contribution in [3.63, 3.8) is 0 Å². The molecule has 9 heavy (non-hydrogen) atoms. The van der Waals surface area contributed by atoms with Crippen LogP contribution in [0.5, 0.6) is 0 Å². The summed E-state index contributed by atoms with van der Waals surface area (Å²) in [4.78, 5) is 10.1. The molecule has 0 amide bonds. The first kappa shape index (κ1) is 8.39. The highest BCUT2D eigenvalue weighted by molar-refractivity contribution is 5.72. The summed E-state index contributed by atoms with van der Waals surface area (Å²) in [5.41, 5.74) is 0. The number of rotatable bonds is 3. The van der Waals surface area contributed by atoms with Crippen LogP contribution in [-0.2, 0) is 9.53 Å². The van der Waals surface area contributed by atoms with Gasteiger partial charge in [-0.3, -0.25) is 0 Å². The highest BCUT2D eigenvalue weighted by Crippen LogP contribution is 1.95. The molecule has 0 aromatic rings. The maximum Gasteiger partial charge on any atom is 0.335 e. The van der Waals surface area contributed by atoms with E-state index in [0.29, 0.717) is 0 Å². The monoisotopic (exact) mass is 134 g/mol. The second-order valence-corrected chi connectivity index (χ2v) is 1.74. The Balaban J connectivity index is 3.83. The number of hydrogen-bond acceptors (Lipinski definition) is 3. The lowest BCUT2D eigenvalue weighted by molar-refractivity contribution is -0.154. The average Bonchev–Trinajstić information content (AvgIpc) is 1.64. The largest absolute Gasteiger partial charge is 0.479 e. The van der Waals surface area contributed by atoms with Gasteiger partial charge in [-0.25, -0.2) is 4.79 Å². The van der Waals surface area contributed by atoms with Gasteiger partial charge in [0.2, 0.25) is 0 Å². The van der Waals surface area contributed by atoms with E-state index in [0.717, 1.165) is 0 Å². The van der Waals surface area contributed by atoms with Crippen LogP contribution in [0, 0.1) is 0 Å². The van der Waals surface area contributed by atoms with E-state index < -0.39 is 18.2 Å². The number of aliphatic hydroxyl groups is 1. The number of aliphatic carboxylic acids is 1. The maximum absolute atomic E-state index is 10.1. The molecule has 0 aliphatic rings. The molecule has 0 bridgehead atoms. The second-order valence-electron chi connectivity index (χ2n) is 1.74. The highest BCUT2D eigenvalue weighted by Gasteiger charge is 2.21. The molecule has 4 nitrogen and oxygen atoms in total. The summed E-state index contributed by atoms with van der Waals surface area (Å²) in [6.07, 6.45) is -2.07. The number of aliphatic hydroxyl groups excluding tert-OH is 1. The van der Waals surface area contributed by atoms with E-state index >= 15 is 0 Å². The number of carboxylic acid groups (broad SMARTS) is 1. The van der Waals surface area contributed by atoms with Gasteiger partial charge in [0.15, 0.2) is 6.10 Å². The normalized spacial score (nSPS) is 16.8. The van der Waals surface area contributed by atoms with Gasteiger partial charge in [0.25, 0.3) is 0 Å². The SMILES string of the molecule is CO[C@H](C(=O)O)[C@@H](C)O. The van der Waals surface area contributed by atoms with Gasteiger partial charge in [0, 0.05) is 7.11 Å². The van der Waals surface area contributed by atoms with Crippen LogP contribution in [0.3, 0.4) is 0 Å². The number of carbonyl (C=O) groups is 1. The smallest absolute Gasteiger partial charge is 0.335 e. The zero-order valence-electron chi connectivity index (χ0n) is 5.37. The van der Waals surface area contributed by atoms with Gasteiger partial charge < -0.3 is 14.9 Å². The molecular weight excluding hydrogens is 124 g/mol. The third-order valence-electron chi connectivity index (χ3n) is 0.935. The molecule has 0 aromatic heterocycles. The first-order chi connectivity index (χ1) is 4.09. The zero-order chi connectivity index (χ0) is 7.44.